The summed E-state index contributed by atoms with van der Waals surface area (Å²) in [5.74, 6) is -0.280. The molecule has 3 nitrogen and oxygen atoms in total. The highest BCUT2D eigenvalue weighted by molar-refractivity contribution is 5.77. The summed E-state index contributed by atoms with van der Waals surface area (Å²) in [5, 5.41) is 0. The van der Waals surface area contributed by atoms with Gasteiger partial charge in [0.1, 0.15) is 5.78 Å². The molecule has 0 radical (unpaired) electrons. The Kier molecular flexibility index (Phi) is 6.10. The molecular formula is C20H22O3. The van der Waals surface area contributed by atoms with Gasteiger partial charge in [0, 0.05) is 12.3 Å². The third-order valence-electron chi connectivity index (χ3n) is 4.06. The van der Waals surface area contributed by atoms with Crippen molar-refractivity contribution < 1.29 is 14.3 Å². The van der Waals surface area contributed by atoms with Crippen LogP contribution < -0.4 is 0 Å². The van der Waals surface area contributed by atoms with Gasteiger partial charge in [0.05, 0.1) is 13.5 Å². The fourth-order valence-electron chi connectivity index (χ4n) is 2.96. The van der Waals surface area contributed by atoms with Gasteiger partial charge in [-0.15, -0.1) is 0 Å². The first-order chi connectivity index (χ1) is 11.1. The van der Waals surface area contributed by atoms with Gasteiger partial charge < -0.3 is 9.53 Å². The smallest absolute Gasteiger partial charge is 0.306 e. The van der Waals surface area contributed by atoms with Crippen molar-refractivity contribution in [2.75, 3.05) is 7.11 Å². The first kappa shape index (κ1) is 16.9. The van der Waals surface area contributed by atoms with Crippen LogP contribution in [0.1, 0.15) is 42.7 Å². The predicted molar refractivity (Wildman–Crippen MR) is 90.3 cm³/mol. The third-order valence-corrected chi connectivity index (χ3v) is 4.06. The lowest BCUT2D eigenvalue weighted by atomic mass is 9.77. The molecule has 0 aliphatic heterocycles. The minimum atomic E-state index is -0.261. The van der Waals surface area contributed by atoms with E-state index in [0.29, 0.717) is 6.42 Å². The summed E-state index contributed by atoms with van der Waals surface area (Å²) in [5.41, 5.74) is 2.12. The van der Waals surface area contributed by atoms with E-state index in [9.17, 15) is 9.59 Å². The number of hydrogen-bond acceptors (Lipinski definition) is 3. The summed E-state index contributed by atoms with van der Waals surface area (Å²) >= 11 is 0. The Hall–Kier alpha value is -2.42. The molecule has 0 amide bonds. The number of rotatable bonds is 7. The molecule has 2 rings (SSSR count). The summed E-state index contributed by atoms with van der Waals surface area (Å²) in [7, 11) is 1.40. The second-order valence-corrected chi connectivity index (χ2v) is 5.72. The summed E-state index contributed by atoms with van der Waals surface area (Å²) in [4.78, 5) is 23.7. The molecule has 2 atom stereocenters. The molecule has 2 aromatic rings. The SMILES string of the molecule is COC(=O)CC(c1ccccc1)C(CC(C)=O)c1ccccc1. The van der Waals surface area contributed by atoms with Crippen LogP contribution in [-0.4, -0.2) is 18.9 Å². The summed E-state index contributed by atoms with van der Waals surface area (Å²) in [6, 6.07) is 19.8. The van der Waals surface area contributed by atoms with Crippen molar-refractivity contribution in [2.24, 2.45) is 0 Å². The molecule has 120 valence electrons. The quantitative estimate of drug-likeness (QED) is 0.723. The highest BCUT2D eigenvalue weighted by Crippen LogP contribution is 2.38. The zero-order valence-corrected chi connectivity index (χ0v) is 13.6. The molecule has 0 aromatic heterocycles. The van der Waals surface area contributed by atoms with Crippen molar-refractivity contribution in [1.29, 1.82) is 0 Å². The number of benzene rings is 2. The average molecular weight is 310 g/mol. The Morgan fingerprint density at radius 2 is 1.26 bits per heavy atom. The molecule has 0 saturated heterocycles. The number of ether oxygens (including phenoxy) is 1. The van der Waals surface area contributed by atoms with Gasteiger partial charge in [-0.1, -0.05) is 60.7 Å². The van der Waals surface area contributed by atoms with Gasteiger partial charge in [0.25, 0.3) is 0 Å². The van der Waals surface area contributed by atoms with Crippen LogP contribution in [0.25, 0.3) is 0 Å². The monoisotopic (exact) mass is 310 g/mol. The first-order valence-corrected chi connectivity index (χ1v) is 7.78. The van der Waals surface area contributed by atoms with Gasteiger partial charge in [0.15, 0.2) is 0 Å². The number of carbonyl (C=O) groups is 2. The molecule has 23 heavy (non-hydrogen) atoms. The van der Waals surface area contributed by atoms with Crippen LogP contribution in [0.5, 0.6) is 0 Å². The third kappa shape index (κ3) is 4.78. The van der Waals surface area contributed by atoms with E-state index >= 15 is 0 Å². The first-order valence-electron chi connectivity index (χ1n) is 7.78. The molecule has 0 bridgehead atoms. The number of hydrogen-bond donors (Lipinski definition) is 0. The van der Waals surface area contributed by atoms with Crippen LogP contribution in [-0.2, 0) is 14.3 Å². The molecule has 0 aliphatic rings. The molecule has 2 unspecified atom stereocenters. The van der Waals surface area contributed by atoms with Crippen LogP contribution >= 0.6 is 0 Å². The van der Waals surface area contributed by atoms with Gasteiger partial charge >= 0.3 is 5.97 Å². The fourth-order valence-corrected chi connectivity index (χ4v) is 2.96. The minimum Gasteiger partial charge on any atom is -0.469 e. The van der Waals surface area contributed by atoms with Crippen molar-refractivity contribution in [3.8, 4) is 0 Å². The lowest BCUT2D eigenvalue weighted by Crippen LogP contribution is -2.18. The Morgan fingerprint density at radius 1 is 0.826 bits per heavy atom. The molecule has 2 aromatic carbocycles. The highest BCUT2D eigenvalue weighted by atomic mass is 16.5. The average Bonchev–Trinajstić information content (AvgIpc) is 2.59. The van der Waals surface area contributed by atoms with Gasteiger partial charge in [-0.2, -0.15) is 0 Å². The maximum Gasteiger partial charge on any atom is 0.306 e. The maximum atomic E-state index is 11.9. The molecule has 0 N–H and O–H groups in total. The minimum absolute atomic E-state index is 0.0461. The van der Waals surface area contributed by atoms with Crippen molar-refractivity contribution >= 4 is 11.8 Å². The van der Waals surface area contributed by atoms with E-state index in [0.717, 1.165) is 11.1 Å². The van der Waals surface area contributed by atoms with E-state index < -0.39 is 0 Å². The van der Waals surface area contributed by atoms with E-state index in [-0.39, 0.29) is 30.0 Å². The summed E-state index contributed by atoms with van der Waals surface area (Å²) < 4.78 is 4.87. The number of esters is 1. The number of Topliss-reactive ketones (excluding diaryl/α,β-unsaturated/α-hetero) is 1. The summed E-state index contributed by atoms with van der Waals surface area (Å²) in [6.07, 6.45) is 0.661. The molecular weight excluding hydrogens is 288 g/mol. The van der Waals surface area contributed by atoms with Gasteiger partial charge in [-0.05, 0) is 24.0 Å². The van der Waals surface area contributed by atoms with Crippen LogP contribution in [0.4, 0.5) is 0 Å². The lowest BCUT2D eigenvalue weighted by Gasteiger charge is -2.27. The van der Waals surface area contributed by atoms with Crippen LogP contribution in [0.15, 0.2) is 60.7 Å². The Morgan fingerprint density at radius 3 is 1.65 bits per heavy atom. The van der Waals surface area contributed by atoms with Gasteiger partial charge in [0.2, 0.25) is 0 Å². The van der Waals surface area contributed by atoms with E-state index in [1.807, 2.05) is 60.7 Å². The van der Waals surface area contributed by atoms with Crippen molar-refractivity contribution in [3.63, 3.8) is 0 Å². The molecule has 0 saturated carbocycles. The summed E-state index contributed by atoms with van der Waals surface area (Å²) in [6.45, 7) is 1.59. The Balaban J connectivity index is 2.42. The largest absolute Gasteiger partial charge is 0.469 e. The standard InChI is InChI=1S/C20H22O3/c1-15(21)13-18(16-9-5-3-6-10-16)19(14-20(22)23-2)17-11-7-4-8-12-17/h3-12,18-19H,13-14H2,1-2H3. The zero-order chi connectivity index (χ0) is 16.7. The van der Waals surface area contributed by atoms with Crippen molar-refractivity contribution in [2.45, 2.75) is 31.6 Å². The second-order valence-electron chi connectivity index (χ2n) is 5.72. The van der Waals surface area contributed by atoms with Crippen molar-refractivity contribution in [1.82, 2.24) is 0 Å². The van der Waals surface area contributed by atoms with Gasteiger partial charge in [-0.25, -0.2) is 0 Å². The zero-order valence-electron chi connectivity index (χ0n) is 13.6. The van der Waals surface area contributed by atoms with Crippen LogP contribution in [0.3, 0.4) is 0 Å². The van der Waals surface area contributed by atoms with Crippen molar-refractivity contribution in [3.05, 3.63) is 71.8 Å². The lowest BCUT2D eigenvalue weighted by molar-refractivity contribution is -0.141. The normalized spacial score (nSPS) is 13.1. The number of ketones is 1. The second kappa shape index (κ2) is 8.28. The topological polar surface area (TPSA) is 43.4 Å². The Bertz CT molecular complexity index is 634. The fraction of sp³-hybridized carbons (Fsp3) is 0.300. The Labute approximate surface area is 137 Å². The maximum absolute atomic E-state index is 11.9. The molecule has 0 aliphatic carbocycles. The van der Waals surface area contributed by atoms with Crippen LogP contribution in [0, 0.1) is 0 Å². The number of carbonyl (C=O) groups excluding carboxylic acids is 2. The van der Waals surface area contributed by atoms with E-state index in [1.54, 1.807) is 6.92 Å². The van der Waals surface area contributed by atoms with Crippen LogP contribution in [0.2, 0.25) is 0 Å². The predicted octanol–water partition coefficient (Wildman–Crippen LogP) is 4.10. The molecule has 0 fully saturated rings. The molecule has 3 heteroatoms. The van der Waals surface area contributed by atoms with E-state index in [2.05, 4.69) is 0 Å². The molecule has 0 spiro atoms. The van der Waals surface area contributed by atoms with Gasteiger partial charge in [-0.3, -0.25) is 4.79 Å². The highest BCUT2D eigenvalue weighted by Gasteiger charge is 2.28. The molecule has 0 heterocycles. The number of methoxy groups -OCH3 is 1. The van der Waals surface area contributed by atoms with E-state index in [4.69, 9.17) is 4.74 Å². The van der Waals surface area contributed by atoms with E-state index in [1.165, 1.54) is 7.11 Å².